The van der Waals surface area contributed by atoms with Crippen LogP contribution in [0.2, 0.25) is 0 Å². The summed E-state index contributed by atoms with van der Waals surface area (Å²) in [6.07, 6.45) is 2.15. The van der Waals surface area contributed by atoms with Crippen LogP contribution in [0.3, 0.4) is 0 Å². The van der Waals surface area contributed by atoms with Crippen LogP contribution in [0.1, 0.15) is 26.2 Å². The Kier molecular flexibility index (Phi) is 5.64. The number of halogens is 2. The van der Waals surface area contributed by atoms with Crippen LogP contribution >= 0.6 is 0 Å². The van der Waals surface area contributed by atoms with Crippen molar-refractivity contribution >= 4 is 5.97 Å². The van der Waals surface area contributed by atoms with Crippen molar-refractivity contribution in [1.29, 1.82) is 0 Å². The molecule has 6 heteroatoms. The zero-order valence-corrected chi connectivity index (χ0v) is 11.8. The van der Waals surface area contributed by atoms with E-state index in [1.54, 1.807) is 0 Å². The van der Waals surface area contributed by atoms with Gasteiger partial charge in [0.25, 0.3) is 0 Å². The number of rotatable bonds is 5. The highest BCUT2D eigenvalue weighted by atomic mass is 19.1. The molecule has 1 fully saturated rings. The maximum absolute atomic E-state index is 13.4. The average Bonchev–Trinajstić information content (AvgIpc) is 2.48. The minimum Gasteiger partial charge on any atom is -0.421 e. The van der Waals surface area contributed by atoms with Gasteiger partial charge in [0.15, 0.2) is 17.7 Å². The molecule has 21 heavy (non-hydrogen) atoms. The molecule has 0 aliphatic carbocycles. The number of carbonyl (C=O) groups excluding carboxylic acids is 1. The van der Waals surface area contributed by atoms with E-state index in [1.807, 2.05) is 0 Å². The maximum Gasteiger partial charge on any atom is 0.340 e. The predicted octanol–water partition coefficient (Wildman–Crippen LogP) is 2.84. The number of esters is 1. The predicted molar refractivity (Wildman–Crippen MR) is 71.0 cm³/mol. The van der Waals surface area contributed by atoms with Crippen LogP contribution in [0.4, 0.5) is 8.78 Å². The van der Waals surface area contributed by atoms with E-state index < -0.39 is 23.7 Å². The third-order valence-electron chi connectivity index (χ3n) is 3.24. The van der Waals surface area contributed by atoms with Crippen LogP contribution in [0.15, 0.2) is 18.2 Å². The Balaban J connectivity index is 1.81. The second-order valence-electron chi connectivity index (χ2n) is 4.96. The van der Waals surface area contributed by atoms with Crippen molar-refractivity contribution in [2.45, 2.75) is 38.4 Å². The third-order valence-corrected chi connectivity index (χ3v) is 3.24. The Hall–Kier alpha value is -1.53. The number of hydrogen-bond donors (Lipinski definition) is 0. The molecule has 0 N–H and O–H groups in total. The SMILES string of the molecule is CC(OCC1CCCCO1)C(=O)Oc1ccc(F)cc1F. The highest BCUT2D eigenvalue weighted by Crippen LogP contribution is 2.19. The summed E-state index contributed by atoms with van der Waals surface area (Å²) in [5.41, 5.74) is 0. The molecule has 1 aliphatic rings. The van der Waals surface area contributed by atoms with Crippen molar-refractivity contribution in [3.8, 4) is 5.75 Å². The summed E-state index contributed by atoms with van der Waals surface area (Å²) in [6.45, 7) is 2.52. The lowest BCUT2D eigenvalue weighted by Crippen LogP contribution is -2.31. The van der Waals surface area contributed by atoms with Gasteiger partial charge in [0.1, 0.15) is 5.82 Å². The van der Waals surface area contributed by atoms with Crippen LogP contribution in [0.5, 0.6) is 5.75 Å². The lowest BCUT2D eigenvalue weighted by molar-refractivity contribution is -0.149. The first-order chi connectivity index (χ1) is 10.1. The molecule has 116 valence electrons. The van der Waals surface area contributed by atoms with Gasteiger partial charge in [-0.2, -0.15) is 0 Å². The summed E-state index contributed by atoms with van der Waals surface area (Å²) in [5, 5.41) is 0. The molecule has 0 aromatic heterocycles. The van der Waals surface area contributed by atoms with Crippen molar-refractivity contribution in [2.24, 2.45) is 0 Å². The van der Waals surface area contributed by atoms with E-state index in [-0.39, 0.29) is 11.9 Å². The van der Waals surface area contributed by atoms with Gasteiger partial charge in [-0.25, -0.2) is 13.6 Å². The van der Waals surface area contributed by atoms with Crippen LogP contribution in [-0.4, -0.2) is 31.4 Å². The van der Waals surface area contributed by atoms with Crippen LogP contribution in [0, 0.1) is 11.6 Å². The molecule has 1 aromatic rings. The molecular formula is C15H18F2O4. The lowest BCUT2D eigenvalue weighted by Gasteiger charge is -2.23. The molecule has 2 rings (SSSR count). The fraction of sp³-hybridized carbons (Fsp3) is 0.533. The minimum absolute atomic E-state index is 0.0171. The molecule has 4 nitrogen and oxygen atoms in total. The van der Waals surface area contributed by atoms with Crippen LogP contribution in [0.25, 0.3) is 0 Å². The molecule has 2 unspecified atom stereocenters. The molecule has 1 heterocycles. The summed E-state index contributed by atoms with van der Waals surface area (Å²) >= 11 is 0. The molecule has 0 amide bonds. The minimum atomic E-state index is -0.925. The van der Waals surface area contributed by atoms with Gasteiger partial charge in [-0.15, -0.1) is 0 Å². The van der Waals surface area contributed by atoms with E-state index in [1.165, 1.54) is 6.92 Å². The fourth-order valence-electron chi connectivity index (χ4n) is 2.01. The Bertz CT molecular complexity index is 487. The van der Waals surface area contributed by atoms with Crippen molar-refractivity contribution in [3.05, 3.63) is 29.8 Å². The summed E-state index contributed by atoms with van der Waals surface area (Å²) < 4.78 is 41.8. The lowest BCUT2D eigenvalue weighted by atomic mass is 10.1. The standard InChI is InChI=1S/C15H18F2O4/c1-10(20-9-12-4-2-3-7-19-12)15(18)21-14-6-5-11(16)8-13(14)17/h5-6,8,10,12H,2-4,7,9H2,1H3. The zero-order valence-electron chi connectivity index (χ0n) is 11.8. The van der Waals surface area contributed by atoms with Gasteiger partial charge in [-0.1, -0.05) is 0 Å². The van der Waals surface area contributed by atoms with Crippen molar-refractivity contribution < 1.29 is 27.8 Å². The number of hydrogen-bond acceptors (Lipinski definition) is 4. The zero-order chi connectivity index (χ0) is 15.2. The summed E-state index contributed by atoms with van der Waals surface area (Å²) in [5.74, 6) is -2.70. The van der Waals surface area contributed by atoms with E-state index in [9.17, 15) is 13.6 Å². The van der Waals surface area contributed by atoms with E-state index >= 15 is 0 Å². The Labute approximate surface area is 122 Å². The highest BCUT2D eigenvalue weighted by Gasteiger charge is 2.21. The second-order valence-corrected chi connectivity index (χ2v) is 4.96. The number of benzene rings is 1. The Morgan fingerprint density at radius 3 is 2.90 bits per heavy atom. The normalized spacial score (nSPS) is 20.0. The fourth-order valence-corrected chi connectivity index (χ4v) is 2.01. The first kappa shape index (κ1) is 15.9. The number of ether oxygens (including phenoxy) is 3. The topological polar surface area (TPSA) is 44.8 Å². The second kappa shape index (κ2) is 7.47. The van der Waals surface area contributed by atoms with Gasteiger partial charge in [-0.3, -0.25) is 0 Å². The largest absolute Gasteiger partial charge is 0.421 e. The van der Waals surface area contributed by atoms with Crippen LogP contribution in [-0.2, 0) is 14.3 Å². The number of carbonyl (C=O) groups is 1. The molecule has 0 saturated carbocycles. The molecule has 0 radical (unpaired) electrons. The molecule has 1 saturated heterocycles. The van der Waals surface area contributed by atoms with Crippen molar-refractivity contribution in [2.75, 3.05) is 13.2 Å². The third kappa shape index (κ3) is 4.75. The van der Waals surface area contributed by atoms with Gasteiger partial charge in [0.2, 0.25) is 0 Å². The molecule has 1 aliphatic heterocycles. The molecule has 0 spiro atoms. The van der Waals surface area contributed by atoms with Gasteiger partial charge in [0, 0.05) is 12.7 Å². The molecule has 0 bridgehead atoms. The van der Waals surface area contributed by atoms with Gasteiger partial charge < -0.3 is 14.2 Å². The summed E-state index contributed by atoms with van der Waals surface area (Å²) in [4.78, 5) is 11.8. The monoisotopic (exact) mass is 300 g/mol. The van der Waals surface area contributed by atoms with E-state index in [0.29, 0.717) is 19.3 Å². The van der Waals surface area contributed by atoms with Crippen LogP contribution < -0.4 is 4.74 Å². The van der Waals surface area contributed by atoms with Crippen molar-refractivity contribution in [1.82, 2.24) is 0 Å². The first-order valence-corrected chi connectivity index (χ1v) is 6.96. The van der Waals surface area contributed by atoms with Crippen molar-refractivity contribution in [3.63, 3.8) is 0 Å². The average molecular weight is 300 g/mol. The molecule has 2 atom stereocenters. The Morgan fingerprint density at radius 2 is 2.24 bits per heavy atom. The molecule has 1 aromatic carbocycles. The smallest absolute Gasteiger partial charge is 0.340 e. The van der Waals surface area contributed by atoms with E-state index in [2.05, 4.69) is 0 Å². The van der Waals surface area contributed by atoms with E-state index in [0.717, 1.165) is 31.4 Å². The quantitative estimate of drug-likeness (QED) is 0.619. The Morgan fingerprint density at radius 1 is 1.43 bits per heavy atom. The van der Waals surface area contributed by atoms with Gasteiger partial charge in [-0.05, 0) is 38.3 Å². The van der Waals surface area contributed by atoms with E-state index in [4.69, 9.17) is 14.2 Å². The highest BCUT2D eigenvalue weighted by molar-refractivity contribution is 5.76. The van der Waals surface area contributed by atoms with Gasteiger partial charge >= 0.3 is 5.97 Å². The first-order valence-electron chi connectivity index (χ1n) is 6.96. The molecular weight excluding hydrogens is 282 g/mol. The summed E-state index contributed by atoms with van der Waals surface area (Å²) in [6, 6.07) is 2.75. The maximum atomic E-state index is 13.4. The summed E-state index contributed by atoms with van der Waals surface area (Å²) in [7, 11) is 0. The van der Waals surface area contributed by atoms with Gasteiger partial charge in [0.05, 0.1) is 12.7 Å².